The molecule has 3 nitrogen and oxygen atoms in total. The minimum atomic E-state index is 0.0518. The van der Waals surface area contributed by atoms with Crippen molar-refractivity contribution in [2.24, 2.45) is 5.92 Å². The van der Waals surface area contributed by atoms with Gasteiger partial charge in [0.2, 0.25) is 0 Å². The summed E-state index contributed by atoms with van der Waals surface area (Å²) in [5, 5.41) is 3.59. The van der Waals surface area contributed by atoms with Gasteiger partial charge in [-0.1, -0.05) is 19.8 Å². The average Bonchev–Trinajstić information content (AvgIpc) is 2.37. The van der Waals surface area contributed by atoms with Gasteiger partial charge in [0.05, 0.1) is 4.47 Å². The van der Waals surface area contributed by atoms with Gasteiger partial charge in [-0.3, -0.25) is 4.79 Å². The molecule has 1 aliphatic carbocycles. The Bertz CT molecular complexity index is 444. The summed E-state index contributed by atoms with van der Waals surface area (Å²) >= 11 is 3.27. The first-order valence-corrected chi connectivity index (χ1v) is 7.56. The minimum absolute atomic E-state index is 0.0518. The van der Waals surface area contributed by atoms with Crippen molar-refractivity contribution in [2.75, 3.05) is 6.54 Å². The van der Waals surface area contributed by atoms with E-state index in [0.29, 0.717) is 10.5 Å². The Morgan fingerprint density at radius 3 is 3.00 bits per heavy atom. The number of hydrogen-bond acceptors (Lipinski definition) is 2. The van der Waals surface area contributed by atoms with E-state index >= 15 is 0 Å². The van der Waals surface area contributed by atoms with Crippen molar-refractivity contribution in [2.45, 2.75) is 45.2 Å². The molecule has 2 rings (SSSR count). The molecule has 1 N–H and O–H groups in total. The monoisotopic (exact) mass is 312 g/mol. The van der Waals surface area contributed by atoms with E-state index in [1.54, 1.807) is 10.6 Å². The van der Waals surface area contributed by atoms with Crippen LogP contribution in [0.3, 0.4) is 0 Å². The van der Waals surface area contributed by atoms with Crippen LogP contribution in [0.5, 0.6) is 0 Å². The molecule has 4 heteroatoms. The zero-order valence-electron chi connectivity index (χ0n) is 10.9. The Balaban J connectivity index is 1.85. The van der Waals surface area contributed by atoms with E-state index in [9.17, 15) is 4.79 Å². The third-order valence-corrected chi connectivity index (χ3v) is 4.45. The van der Waals surface area contributed by atoms with E-state index < -0.39 is 0 Å². The number of pyridine rings is 1. The molecule has 2 atom stereocenters. The number of hydrogen-bond donors (Lipinski definition) is 1. The fourth-order valence-electron chi connectivity index (χ4n) is 2.67. The third-order valence-electron chi connectivity index (χ3n) is 3.84. The Kier molecular flexibility index (Phi) is 5.01. The van der Waals surface area contributed by atoms with Crippen LogP contribution in [0.1, 0.15) is 32.6 Å². The van der Waals surface area contributed by atoms with Gasteiger partial charge in [0.1, 0.15) is 0 Å². The van der Waals surface area contributed by atoms with Crippen LogP contribution in [-0.2, 0) is 6.54 Å². The molecule has 0 amide bonds. The van der Waals surface area contributed by atoms with E-state index in [0.717, 1.165) is 19.0 Å². The molecule has 2 unspecified atom stereocenters. The standard InChI is InChI=1S/C14H21BrN2O/c1-11-5-2-3-7-13(11)16-8-10-17-9-4-6-12(15)14(17)18/h4,6,9,11,13,16H,2-3,5,7-8,10H2,1H3. The maximum Gasteiger partial charge on any atom is 0.264 e. The van der Waals surface area contributed by atoms with E-state index in [4.69, 9.17) is 0 Å². The van der Waals surface area contributed by atoms with Crippen molar-refractivity contribution in [3.8, 4) is 0 Å². The summed E-state index contributed by atoms with van der Waals surface area (Å²) in [4.78, 5) is 11.8. The van der Waals surface area contributed by atoms with Crippen molar-refractivity contribution < 1.29 is 0 Å². The summed E-state index contributed by atoms with van der Waals surface area (Å²) in [5.41, 5.74) is 0.0518. The molecule has 0 spiro atoms. The van der Waals surface area contributed by atoms with Crippen LogP contribution in [0, 0.1) is 5.92 Å². The first kappa shape index (κ1) is 13.8. The Labute approximate surface area is 117 Å². The molecule has 1 aliphatic rings. The molecule has 0 aromatic carbocycles. The van der Waals surface area contributed by atoms with Crippen LogP contribution < -0.4 is 10.9 Å². The fraction of sp³-hybridized carbons (Fsp3) is 0.643. The van der Waals surface area contributed by atoms with Crippen molar-refractivity contribution >= 4 is 15.9 Å². The molecule has 100 valence electrons. The lowest BCUT2D eigenvalue weighted by molar-refractivity contribution is 0.278. The van der Waals surface area contributed by atoms with Crippen LogP contribution in [0.4, 0.5) is 0 Å². The molecule has 0 aliphatic heterocycles. The molecule has 1 aromatic rings. The zero-order chi connectivity index (χ0) is 13.0. The number of nitrogens with one attached hydrogen (secondary N) is 1. The fourth-order valence-corrected chi connectivity index (χ4v) is 3.05. The molecular weight excluding hydrogens is 292 g/mol. The summed E-state index contributed by atoms with van der Waals surface area (Å²) in [7, 11) is 0. The lowest BCUT2D eigenvalue weighted by atomic mass is 9.86. The molecule has 18 heavy (non-hydrogen) atoms. The van der Waals surface area contributed by atoms with Gasteiger partial charge in [-0.25, -0.2) is 0 Å². The normalized spacial score (nSPS) is 24.1. The van der Waals surface area contributed by atoms with E-state index in [-0.39, 0.29) is 5.56 Å². The van der Waals surface area contributed by atoms with E-state index in [2.05, 4.69) is 28.2 Å². The van der Waals surface area contributed by atoms with Crippen LogP contribution in [0.25, 0.3) is 0 Å². The van der Waals surface area contributed by atoms with Gasteiger partial charge in [-0.05, 0) is 46.8 Å². The molecule has 1 fully saturated rings. The van der Waals surface area contributed by atoms with Gasteiger partial charge in [0.15, 0.2) is 0 Å². The first-order valence-electron chi connectivity index (χ1n) is 6.77. The predicted octanol–water partition coefficient (Wildman–Crippen LogP) is 2.78. The number of aromatic nitrogens is 1. The van der Waals surface area contributed by atoms with E-state index in [1.807, 2.05) is 12.3 Å². The number of halogens is 1. The first-order chi connectivity index (χ1) is 8.68. The smallest absolute Gasteiger partial charge is 0.264 e. The summed E-state index contributed by atoms with van der Waals surface area (Å²) < 4.78 is 2.39. The maximum atomic E-state index is 11.8. The van der Waals surface area contributed by atoms with E-state index in [1.165, 1.54) is 25.7 Å². The van der Waals surface area contributed by atoms with Crippen LogP contribution in [-0.4, -0.2) is 17.2 Å². The Hall–Kier alpha value is -0.610. The second-order valence-electron chi connectivity index (χ2n) is 5.18. The van der Waals surface area contributed by atoms with Crippen molar-refractivity contribution in [3.63, 3.8) is 0 Å². The molecule has 1 saturated carbocycles. The molecule has 0 saturated heterocycles. The predicted molar refractivity (Wildman–Crippen MR) is 77.8 cm³/mol. The molecular formula is C14H21BrN2O. The Morgan fingerprint density at radius 1 is 1.44 bits per heavy atom. The van der Waals surface area contributed by atoms with Gasteiger partial charge in [-0.2, -0.15) is 0 Å². The summed E-state index contributed by atoms with van der Waals surface area (Å²) in [6, 6.07) is 4.31. The quantitative estimate of drug-likeness (QED) is 0.927. The van der Waals surface area contributed by atoms with Crippen molar-refractivity contribution in [1.82, 2.24) is 9.88 Å². The number of rotatable bonds is 4. The van der Waals surface area contributed by atoms with Gasteiger partial charge in [0.25, 0.3) is 5.56 Å². The topological polar surface area (TPSA) is 34.0 Å². The van der Waals surface area contributed by atoms with Gasteiger partial charge < -0.3 is 9.88 Å². The van der Waals surface area contributed by atoms with Crippen LogP contribution in [0.2, 0.25) is 0 Å². The summed E-state index contributed by atoms with van der Waals surface area (Å²) in [5.74, 6) is 0.762. The average molecular weight is 313 g/mol. The molecule has 1 heterocycles. The minimum Gasteiger partial charge on any atom is -0.313 e. The lowest BCUT2D eigenvalue weighted by Gasteiger charge is -2.29. The maximum absolute atomic E-state index is 11.8. The zero-order valence-corrected chi connectivity index (χ0v) is 12.4. The highest BCUT2D eigenvalue weighted by atomic mass is 79.9. The second-order valence-corrected chi connectivity index (χ2v) is 6.03. The molecule has 0 bridgehead atoms. The van der Waals surface area contributed by atoms with Crippen molar-refractivity contribution in [3.05, 3.63) is 33.2 Å². The third kappa shape index (κ3) is 3.45. The largest absolute Gasteiger partial charge is 0.313 e. The molecule has 1 aromatic heterocycles. The SMILES string of the molecule is CC1CCCCC1NCCn1cccc(Br)c1=O. The number of nitrogens with zero attached hydrogens (tertiary/aromatic N) is 1. The highest BCUT2D eigenvalue weighted by Crippen LogP contribution is 2.23. The van der Waals surface area contributed by atoms with Gasteiger partial charge in [-0.15, -0.1) is 0 Å². The van der Waals surface area contributed by atoms with Gasteiger partial charge in [0, 0.05) is 25.3 Å². The lowest BCUT2D eigenvalue weighted by Crippen LogP contribution is -2.39. The van der Waals surface area contributed by atoms with Crippen LogP contribution >= 0.6 is 15.9 Å². The van der Waals surface area contributed by atoms with Crippen molar-refractivity contribution in [1.29, 1.82) is 0 Å². The highest BCUT2D eigenvalue weighted by Gasteiger charge is 2.20. The summed E-state index contributed by atoms with van der Waals surface area (Å²) in [6.45, 7) is 3.93. The highest BCUT2D eigenvalue weighted by molar-refractivity contribution is 9.10. The molecule has 0 radical (unpaired) electrons. The summed E-state index contributed by atoms with van der Waals surface area (Å²) in [6.07, 6.45) is 7.14. The second kappa shape index (κ2) is 6.53. The van der Waals surface area contributed by atoms with Crippen LogP contribution in [0.15, 0.2) is 27.6 Å². The van der Waals surface area contributed by atoms with Gasteiger partial charge >= 0.3 is 0 Å². The Morgan fingerprint density at radius 2 is 2.22 bits per heavy atom.